The van der Waals surface area contributed by atoms with Crippen LogP contribution in [0.1, 0.15) is 31.9 Å². The van der Waals surface area contributed by atoms with Crippen LogP contribution in [0.4, 0.5) is 0 Å². The Kier molecular flexibility index (Phi) is 11.5. The minimum atomic E-state index is -1.14. The molecule has 0 bridgehead atoms. The number of hydrogen-bond donors (Lipinski definition) is 6. The van der Waals surface area contributed by atoms with Gasteiger partial charge in [0, 0.05) is 35.4 Å². The first-order valence-electron chi connectivity index (χ1n) is 8.11. The summed E-state index contributed by atoms with van der Waals surface area (Å²) in [4.78, 5) is 42.4. The number of amides is 2. The van der Waals surface area contributed by atoms with E-state index in [4.69, 9.17) is 11.5 Å². The maximum absolute atomic E-state index is 12.5. The molecular weight excluding hydrogens is 383 g/mol. The molecule has 1 aromatic heterocycles. The van der Waals surface area contributed by atoms with E-state index in [2.05, 4.69) is 20.6 Å². The minimum Gasteiger partial charge on any atom is -0.480 e. The summed E-state index contributed by atoms with van der Waals surface area (Å²) >= 11 is 0. The normalized spacial score (nSPS) is 13.8. The molecule has 1 rings (SSSR count). The average molecular weight is 409 g/mol. The van der Waals surface area contributed by atoms with Crippen molar-refractivity contribution in [3.05, 3.63) is 18.2 Å². The molecule has 0 aromatic carbocycles. The topological polar surface area (TPSA) is 176 Å². The van der Waals surface area contributed by atoms with Gasteiger partial charge in [-0.1, -0.05) is 0 Å². The van der Waals surface area contributed by atoms with Crippen LogP contribution in [0.5, 0.6) is 0 Å². The number of nitrogens with two attached hydrogens (primary N) is 2. The molecule has 1 heterocycles. The maximum Gasteiger partial charge on any atom is 0.326 e. The zero-order valence-corrected chi connectivity index (χ0v) is 15.8. The predicted molar refractivity (Wildman–Crippen MR) is 90.3 cm³/mol. The smallest absolute Gasteiger partial charge is 0.326 e. The standard InChI is InChI=1S/C15H26N6O4.Mn/c1-9(17)13(22)21-12(6-10-7-18-8-19-10)14(23)20-11(15(24)25)4-2-3-5-16;/h7-9,11-12H,2-6,16-17H2,1H3,(H,18,19)(H,20,23)(H,21,22)(H,24,25);. The number of rotatable bonds is 11. The Morgan fingerprint density at radius 1 is 1.23 bits per heavy atom. The molecule has 3 atom stereocenters. The number of hydrogen-bond acceptors (Lipinski definition) is 6. The summed E-state index contributed by atoms with van der Waals surface area (Å²) in [6.45, 7) is 1.94. The van der Waals surface area contributed by atoms with Gasteiger partial charge in [0.1, 0.15) is 12.1 Å². The molecule has 0 saturated carbocycles. The summed E-state index contributed by atoms with van der Waals surface area (Å²) in [5, 5.41) is 14.3. The number of unbranched alkanes of at least 4 members (excludes halogenated alkanes) is 1. The molecule has 0 spiro atoms. The molecule has 1 radical (unpaired) electrons. The largest absolute Gasteiger partial charge is 0.480 e. The van der Waals surface area contributed by atoms with Crippen LogP contribution < -0.4 is 22.1 Å². The van der Waals surface area contributed by atoms with Crippen LogP contribution in [0.3, 0.4) is 0 Å². The van der Waals surface area contributed by atoms with Crippen LogP contribution in [0.25, 0.3) is 0 Å². The van der Waals surface area contributed by atoms with Crippen molar-refractivity contribution in [1.29, 1.82) is 0 Å². The second kappa shape index (κ2) is 12.4. The summed E-state index contributed by atoms with van der Waals surface area (Å²) in [5.41, 5.74) is 11.5. The van der Waals surface area contributed by atoms with E-state index in [0.717, 1.165) is 0 Å². The van der Waals surface area contributed by atoms with E-state index in [1.807, 2.05) is 0 Å². The minimum absolute atomic E-state index is 0. The van der Waals surface area contributed by atoms with E-state index in [1.165, 1.54) is 19.4 Å². The molecule has 26 heavy (non-hydrogen) atoms. The van der Waals surface area contributed by atoms with Gasteiger partial charge < -0.3 is 32.2 Å². The van der Waals surface area contributed by atoms with Gasteiger partial charge in [0.2, 0.25) is 11.8 Å². The van der Waals surface area contributed by atoms with E-state index in [0.29, 0.717) is 25.1 Å². The first-order valence-corrected chi connectivity index (χ1v) is 8.11. The van der Waals surface area contributed by atoms with Crippen LogP contribution in [-0.2, 0) is 37.9 Å². The van der Waals surface area contributed by atoms with Gasteiger partial charge in [0.15, 0.2) is 0 Å². The van der Waals surface area contributed by atoms with Gasteiger partial charge in [-0.2, -0.15) is 0 Å². The van der Waals surface area contributed by atoms with Crippen molar-refractivity contribution in [2.45, 2.75) is 50.7 Å². The van der Waals surface area contributed by atoms with E-state index >= 15 is 0 Å². The predicted octanol–water partition coefficient (Wildman–Crippen LogP) is -1.52. The molecule has 0 saturated heterocycles. The van der Waals surface area contributed by atoms with Crippen molar-refractivity contribution >= 4 is 17.8 Å². The van der Waals surface area contributed by atoms with Crippen LogP contribution in [0.2, 0.25) is 0 Å². The number of aliphatic carboxylic acids is 1. The molecule has 0 aliphatic rings. The number of aromatic nitrogens is 2. The number of H-pyrrole nitrogens is 1. The number of carbonyl (C=O) groups excluding carboxylic acids is 2. The van der Waals surface area contributed by atoms with Crippen molar-refractivity contribution in [2.75, 3.05) is 6.54 Å². The Hall–Kier alpha value is -1.94. The third-order valence-electron chi connectivity index (χ3n) is 3.59. The van der Waals surface area contributed by atoms with Crippen LogP contribution in [-0.4, -0.2) is 57.5 Å². The fourth-order valence-corrected chi connectivity index (χ4v) is 2.15. The number of imidazole rings is 1. The van der Waals surface area contributed by atoms with Crippen LogP contribution >= 0.6 is 0 Å². The van der Waals surface area contributed by atoms with E-state index in [9.17, 15) is 19.5 Å². The molecule has 0 aliphatic heterocycles. The van der Waals surface area contributed by atoms with Gasteiger partial charge in [-0.3, -0.25) is 9.59 Å². The monoisotopic (exact) mass is 409 g/mol. The van der Waals surface area contributed by atoms with Crippen molar-refractivity contribution < 1.29 is 36.6 Å². The Balaban J connectivity index is 0.00000625. The van der Waals surface area contributed by atoms with Crippen molar-refractivity contribution in [3.63, 3.8) is 0 Å². The third kappa shape index (κ3) is 8.43. The molecule has 3 unspecified atom stereocenters. The van der Waals surface area contributed by atoms with Gasteiger partial charge in [0.25, 0.3) is 0 Å². The Labute approximate surface area is 162 Å². The van der Waals surface area contributed by atoms with Gasteiger partial charge in [0.05, 0.1) is 12.4 Å². The molecular formula is C15H26MnN6O4. The van der Waals surface area contributed by atoms with E-state index < -0.39 is 35.9 Å². The van der Waals surface area contributed by atoms with Crippen molar-refractivity contribution in [1.82, 2.24) is 20.6 Å². The number of aromatic amines is 1. The SMILES string of the molecule is CC(N)C(=O)NC(Cc1cnc[nH]1)C(=O)NC(CCCCN)C(=O)O.[Mn]. The molecule has 1 aromatic rings. The molecule has 0 aliphatic carbocycles. The number of nitrogens with one attached hydrogen (secondary N) is 3. The van der Waals surface area contributed by atoms with Gasteiger partial charge in [-0.25, -0.2) is 9.78 Å². The molecule has 2 amide bonds. The fourth-order valence-electron chi connectivity index (χ4n) is 2.15. The van der Waals surface area contributed by atoms with Gasteiger partial charge in [-0.05, 0) is 32.7 Å². The van der Waals surface area contributed by atoms with Crippen molar-refractivity contribution in [3.8, 4) is 0 Å². The zero-order valence-electron chi connectivity index (χ0n) is 14.6. The van der Waals surface area contributed by atoms with E-state index in [-0.39, 0.29) is 29.9 Å². The zero-order chi connectivity index (χ0) is 18.8. The summed E-state index contributed by atoms with van der Waals surface area (Å²) < 4.78 is 0. The molecule has 147 valence electrons. The van der Waals surface area contributed by atoms with Crippen LogP contribution in [0, 0.1) is 0 Å². The second-order valence-corrected chi connectivity index (χ2v) is 5.81. The number of carboxylic acids is 1. The quantitative estimate of drug-likeness (QED) is 0.190. The van der Waals surface area contributed by atoms with Gasteiger partial charge in [-0.15, -0.1) is 0 Å². The van der Waals surface area contributed by atoms with Crippen molar-refractivity contribution in [2.24, 2.45) is 11.5 Å². The fraction of sp³-hybridized carbons (Fsp3) is 0.600. The molecule has 10 nitrogen and oxygen atoms in total. The first kappa shape index (κ1) is 24.1. The summed E-state index contributed by atoms with van der Waals surface area (Å²) in [7, 11) is 0. The summed E-state index contributed by atoms with van der Waals surface area (Å²) in [6.07, 6.45) is 4.61. The first-order chi connectivity index (χ1) is 11.8. The van der Waals surface area contributed by atoms with Gasteiger partial charge >= 0.3 is 5.97 Å². The maximum atomic E-state index is 12.5. The average Bonchev–Trinajstić information content (AvgIpc) is 3.06. The summed E-state index contributed by atoms with van der Waals surface area (Å²) in [6, 6.07) is -2.80. The number of nitrogens with zero attached hydrogens (tertiary/aromatic N) is 1. The van der Waals surface area contributed by atoms with E-state index in [1.54, 1.807) is 0 Å². The Bertz CT molecular complexity index is 566. The second-order valence-electron chi connectivity index (χ2n) is 5.81. The molecule has 0 fully saturated rings. The third-order valence-corrected chi connectivity index (χ3v) is 3.59. The Morgan fingerprint density at radius 2 is 1.88 bits per heavy atom. The van der Waals surface area contributed by atoms with Crippen LogP contribution in [0.15, 0.2) is 12.5 Å². The number of carbonyl (C=O) groups is 3. The number of carboxylic acid groups (broad SMARTS) is 1. The Morgan fingerprint density at radius 3 is 2.38 bits per heavy atom. The molecule has 8 N–H and O–H groups in total. The molecule has 11 heteroatoms. The summed E-state index contributed by atoms with van der Waals surface area (Å²) in [5.74, 6) is -2.23.